The predicted octanol–water partition coefficient (Wildman–Crippen LogP) is 0.893. The fourth-order valence-corrected chi connectivity index (χ4v) is 6.23. The Morgan fingerprint density at radius 2 is 1.05 bits per heavy atom. The molecule has 2 saturated carbocycles. The van der Waals surface area contributed by atoms with E-state index < -0.39 is 24.4 Å². The van der Waals surface area contributed by atoms with Gasteiger partial charge in [-0.1, -0.05) is 24.3 Å². The van der Waals surface area contributed by atoms with Crippen LogP contribution < -0.4 is 20.1 Å². The van der Waals surface area contributed by atoms with Crippen LogP contribution in [0.1, 0.15) is 36.8 Å². The van der Waals surface area contributed by atoms with Crippen molar-refractivity contribution in [3.8, 4) is 22.6 Å². The molecule has 8 atom stereocenters. The molecule has 0 bridgehead atoms. The van der Waals surface area contributed by atoms with Crippen LogP contribution in [0.25, 0.3) is 11.1 Å². The minimum Gasteiger partial charge on any atom is -0.493 e. The van der Waals surface area contributed by atoms with Crippen molar-refractivity contribution in [3.05, 3.63) is 47.5 Å². The lowest BCUT2D eigenvalue weighted by molar-refractivity contribution is -0.000253. The third-order valence-corrected chi connectivity index (χ3v) is 8.90. The van der Waals surface area contributed by atoms with E-state index in [2.05, 4.69) is 22.8 Å². The highest BCUT2D eigenvalue weighted by molar-refractivity contribution is 5.74. The van der Waals surface area contributed by atoms with Gasteiger partial charge < -0.3 is 50.7 Å². The first-order valence-electron chi connectivity index (χ1n) is 15.1. The number of rotatable bonds is 15. The minimum absolute atomic E-state index is 0.132. The molecule has 2 aliphatic rings. The fourth-order valence-electron chi connectivity index (χ4n) is 6.23. The summed E-state index contributed by atoms with van der Waals surface area (Å²) in [6.45, 7) is 6.09. The summed E-state index contributed by atoms with van der Waals surface area (Å²) in [7, 11) is 0. The maximum absolute atomic E-state index is 10.2. The monoisotopic (exact) mass is 588 g/mol. The molecule has 2 aliphatic carbocycles. The SMILES string of the molecule is Cc1c(OCCCNC2C[C@H](CO)[C@@H](O)[C@H]2O)cccc1-c1cccc(OCCCNC2C[C@H](CO)[C@@H](O)[C@H]2O)c1C. The number of ether oxygens (including phenoxy) is 2. The molecule has 8 N–H and O–H groups in total. The van der Waals surface area contributed by atoms with Crippen molar-refractivity contribution in [3.63, 3.8) is 0 Å². The second-order valence-corrected chi connectivity index (χ2v) is 11.7. The number of aliphatic hydroxyl groups excluding tert-OH is 6. The molecular formula is C32H48N2O8. The molecule has 234 valence electrons. The van der Waals surface area contributed by atoms with E-state index in [9.17, 15) is 30.6 Å². The summed E-state index contributed by atoms with van der Waals surface area (Å²) in [5.41, 5.74) is 4.21. The molecule has 0 aromatic heterocycles. The van der Waals surface area contributed by atoms with Crippen molar-refractivity contribution in [2.75, 3.05) is 39.5 Å². The molecule has 0 amide bonds. The second-order valence-electron chi connectivity index (χ2n) is 11.7. The minimum atomic E-state index is -0.896. The van der Waals surface area contributed by atoms with Gasteiger partial charge in [0.25, 0.3) is 0 Å². The number of benzene rings is 2. The zero-order valence-electron chi connectivity index (χ0n) is 24.7. The summed E-state index contributed by atoms with van der Waals surface area (Å²) in [5.74, 6) is 1.03. The summed E-state index contributed by atoms with van der Waals surface area (Å²) in [6, 6.07) is 11.6. The first-order valence-corrected chi connectivity index (χ1v) is 15.1. The Labute approximate surface area is 248 Å². The average molecular weight is 589 g/mol. The van der Waals surface area contributed by atoms with Crippen LogP contribution >= 0.6 is 0 Å². The Morgan fingerprint density at radius 3 is 1.40 bits per heavy atom. The van der Waals surface area contributed by atoms with E-state index in [1.807, 2.05) is 38.1 Å². The summed E-state index contributed by atoms with van der Waals surface area (Å²) in [6.07, 6.45) is -0.994. The van der Waals surface area contributed by atoms with E-state index in [0.29, 0.717) is 39.1 Å². The van der Waals surface area contributed by atoms with Gasteiger partial charge in [0, 0.05) is 37.1 Å². The zero-order valence-corrected chi connectivity index (χ0v) is 24.7. The first kappa shape index (κ1) is 32.6. The Bertz CT molecular complexity index is 1050. The van der Waals surface area contributed by atoms with E-state index in [4.69, 9.17) is 9.47 Å². The van der Waals surface area contributed by atoms with Crippen molar-refractivity contribution in [2.45, 2.75) is 76.0 Å². The number of aliphatic hydroxyl groups is 6. The Morgan fingerprint density at radius 1 is 0.643 bits per heavy atom. The van der Waals surface area contributed by atoms with Crippen LogP contribution in [-0.2, 0) is 0 Å². The fraction of sp³-hybridized carbons (Fsp3) is 0.625. The van der Waals surface area contributed by atoms with Gasteiger partial charge >= 0.3 is 0 Å². The van der Waals surface area contributed by atoms with Crippen LogP contribution in [0.5, 0.6) is 11.5 Å². The van der Waals surface area contributed by atoms with Gasteiger partial charge in [0.15, 0.2) is 0 Å². The number of hydrogen-bond donors (Lipinski definition) is 8. The molecule has 42 heavy (non-hydrogen) atoms. The average Bonchev–Trinajstić information content (AvgIpc) is 3.43. The lowest BCUT2D eigenvalue weighted by Gasteiger charge is -2.19. The van der Waals surface area contributed by atoms with Crippen LogP contribution in [0.15, 0.2) is 36.4 Å². The quantitative estimate of drug-likeness (QED) is 0.140. The largest absolute Gasteiger partial charge is 0.493 e. The van der Waals surface area contributed by atoms with E-state index in [1.165, 1.54) is 0 Å². The van der Waals surface area contributed by atoms with E-state index in [0.717, 1.165) is 46.6 Å². The highest BCUT2D eigenvalue weighted by atomic mass is 16.5. The molecule has 0 spiro atoms. The smallest absolute Gasteiger partial charge is 0.122 e. The maximum atomic E-state index is 10.2. The molecule has 2 unspecified atom stereocenters. The standard InChI is InChI=1S/C32H48N2O8/c1-19-23(7-3-9-27(19)41-13-5-11-33-25-15-21(17-35)29(37)31(25)39)24-8-4-10-28(20(24)2)42-14-6-12-34-26-16-22(18-36)30(38)32(26)40/h3-4,7-10,21-22,25-26,29-40H,5-6,11-18H2,1-2H3/t21-,22-,25?,26?,29-,30-,31+,32+/m1/s1. The summed E-state index contributed by atoms with van der Waals surface area (Å²) in [5, 5.41) is 65.6. The lowest BCUT2D eigenvalue weighted by Crippen LogP contribution is -2.40. The molecule has 4 rings (SSSR count). The highest BCUT2D eigenvalue weighted by Crippen LogP contribution is 2.35. The van der Waals surface area contributed by atoms with Gasteiger partial charge in [0.05, 0.1) is 37.6 Å². The Hall–Kier alpha value is -2.28. The van der Waals surface area contributed by atoms with Crippen LogP contribution in [0.3, 0.4) is 0 Å². The third-order valence-electron chi connectivity index (χ3n) is 8.90. The van der Waals surface area contributed by atoms with Gasteiger partial charge in [0.1, 0.15) is 11.5 Å². The van der Waals surface area contributed by atoms with Crippen molar-refractivity contribution in [2.24, 2.45) is 11.8 Å². The van der Waals surface area contributed by atoms with E-state index >= 15 is 0 Å². The third kappa shape index (κ3) is 7.62. The molecule has 0 heterocycles. The normalized spacial score (nSPS) is 29.2. The van der Waals surface area contributed by atoms with E-state index in [-0.39, 0.29) is 37.1 Å². The molecule has 10 nitrogen and oxygen atoms in total. The summed E-state index contributed by atoms with van der Waals surface area (Å²) >= 11 is 0. The summed E-state index contributed by atoms with van der Waals surface area (Å²) < 4.78 is 12.2. The van der Waals surface area contributed by atoms with E-state index in [1.54, 1.807) is 0 Å². The van der Waals surface area contributed by atoms with Crippen LogP contribution in [-0.4, -0.2) is 107 Å². The molecule has 2 aromatic carbocycles. The molecule has 0 saturated heterocycles. The van der Waals surface area contributed by atoms with Crippen molar-refractivity contribution in [1.29, 1.82) is 0 Å². The lowest BCUT2D eigenvalue weighted by atomic mass is 9.95. The van der Waals surface area contributed by atoms with Crippen molar-refractivity contribution in [1.82, 2.24) is 10.6 Å². The highest BCUT2D eigenvalue weighted by Gasteiger charge is 2.41. The number of nitrogens with one attached hydrogen (secondary N) is 2. The van der Waals surface area contributed by atoms with Crippen LogP contribution in [0.4, 0.5) is 0 Å². The van der Waals surface area contributed by atoms with Gasteiger partial charge in [0.2, 0.25) is 0 Å². The van der Waals surface area contributed by atoms with Crippen LogP contribution in [0, 0.1) is 25.7 Å². The second kappa shape index (κ2) is 15.4. The molecule has 0 aliphatic heterocycles. The maximum Gasteiger partial charge on any atom is 0.122 e. The van der Waals surface area contributed by atoms with Crippen molar-refractivity contribution < 1.29 is 40.1 Å². The summed E-state index contributed by atoms with van der Waals surface area (Å²) in [4.78, 5) is 0. The van der Waals surface area contributed by atoms with Gasteiger partial charge in [-0.05, 0) is 87.0 Å². The predicted molar refractivity (Wildman–Crippen MR) is 160 cm³/mol. The van der Waals surface area contributed by atoms with Crippen LogP contribution in [0.2, 0.25) is 0 Å². The molecule has 2 aromatic rings. The molecular weight excluding hydrogens is 540 g/mol. The topological polar surface area (TPSA) is 164 Å². The molecule has 10 heteroatoms. The molecule has 2 fully saturated rings. The first-order chi connectivity index (χ1) is 20.3. The van der Waals surface area contributed by atoms with Crippen molar-refractivity contribution >= 4 is 0 Å². The molecule has 0 radical (unpaired) electrons. The van der Waals surface area contributed by atoms with Gasteiger partial charge in [-0.2, -0.15) is 0 Å². The Balaban J connectivity index is 1.25. The zero-order chi connectivity index (χ0) is 30.2. The Kier molecular flexibility index (Phi) is 12.0. The van der Waals surface area contributed by atoms with Gasteiger partial charge in [-0.15, -0.1) is 0 Å². The number of hydrogen-bond acceptors (Lipinski definition) is 10. The van der Waals surface area contributed by atoms with Gasteiger partial charge in [-0.3, -0.25) is 0 Å². The van der Waals surface area contributed by atoms with Gasteiger partial charge in [-0.25, -0.2) is 0 Å².